The van der Waals surface area contributed by atoms with Gasteiger partial charge in [0.25, 0.3) is 0 Å². The number of hydrogen-bond acceptors (Lipinski definition) is 6. The molecule has 2 heterocycles. The van der Waals surface area contributed by atoms with Gasteiger partial charge in [0.2, 0.25) is 0 Å². The minimum absolute atomic E-state index is 0.273. The second-order valence-electron chi connectivity index (χ2n) is 8.17. The number of aliphatic hydroxyl groups is 1. The van der Waals surface area contributed by atoms with Gasteiger partial charge in [-0.2, -0.15) is 0 Å². The Labute approximate surface area is 159 Å². The molecule has 1 N–H and O–H groups in total. The van der Waals surface area contributed by atoms with Gasteiger partial charge in [0.1, 0.15) is 12.2 Å². The number of rotatable bonds is 3. The van der Waals surface area contributed by atoms with E-state index in [1.807, 2.05) is 33.8 Å². The molecular weight excluding hydrogens is 348 g/mol. The Morgan fingerprint density at radius 3 is 2.56 bits per heavy atom. The summed E-state index contributed by atoms with van der Waals surface area (Å²) in [5, 5.41) is 10.7. The lowest BCUT2D eigenvalue weighted by atomic mass is 9.95. The van der Waals surface area contributed by atoms with E-state index in [1.165, 1.54) is 0 Å². The molecule has 1 saturated heterocycles. The summed E-state index contributed by atoms with van der Waals surface area (Å²) in [6.45, 7) is 10.8. The van der Waals surface area contributed by atoms with E-state index in [1.54, 1.807) is 11.0 Å². The molecule has 0 bridgehead atoms. The molecule has 0 aromatic heterocycles. The number of esters is 1. The number of benzene rings is 1. The molecule has 1 amide bonds. The SMILES string of the molecule is Cc1c(C(O)CN2CCN(C(=O)OC(C)(C)C)CC2)ccc2c1COC2=O. The lowest BCUT2D eigenvalue weighted by Crippen LogP contribution is -2.50. The maximum Gasteiger partial charge on any atom is 0.410 e. The van der Waals surface area contributed by atoms with Crippen LogP contribution in [0, 0.1) is 6.92 Å². The molecular formula is C20H28N2O5. The van der Waals surface area contributed by atoms with Gasteiger partial charge in [0, 0.05) is 38.3 Å². The van der Waals surface area contributed by atoms with Crippen molar-refractivity contribution < 1.29 is 24.2 Å². The lowest BCUT2D eigenvalue weighted by Gasteiger charge is -2.36. The topological polar surface area (TPSA) is 79.3 Å². The monoisotopic (exact) mass is 376 g/mol. The van der Waals surface area contributed by atoms with Crippen molar-refractivity contribution in [3.63, 3.8) is 0 Å². The number of ether oxygens (including phenoxy) is 2. The maximum absolute atomic E-state index is 12.1. The van der Waals surface area contributed by atoms with Gasteiger partial charge in [-0.1, -0.05) is 6.07 Å². The molecule has 2 aliphatic heterocycles. The van der Waals surface area contributed by atoms with E-state index in [-0.39, 0.29) is 18.7 Å². The molecule has 2 aliphatic rings. The molecule has 7 nitrogen and oxygen atoms in total. The van der Waals surface area contributed by atoms with Crippen molar-refractivity contribution in [3.8, 4) is 0 Å². The van der Waals surface area contributed by atoms with E-state index in [0.29, 0.717) is 38.3 Å². The third-order valence-electron chi connectivity index (χ3n) is 5.02. The number of cyclic esters (lactones) is 1. The molecule has 0 spiro atoms. The van der Waals surface area contributed by atoms with Crippen molar-refractivity contribution in [2.24, 2.45) is 0 Å². The Morgan fingerprint density at radius 2 is 1.93 bits per heavy atom. The number of fused-ring (bicyclic) bond motifs is 1. The number of nitrogens with zero attached hydrogens (tertiary/aromatic N) is 2. The Morgan fingerprint density at radius 1 is 1.26 bits per heavy atom. The summed E-state index contributed by atoms with van der Waals surface area (Å²) in [4.78, 5) is 27.6. The van der Waals surface area contributed by atoms with Gasteiger partial charge in [-0.3, -0.25) is 4.90 Å². The van der Waals surface area contributed by atoms with Gasteiger partial charge in [-0.25, -0.2) is 9.59 Å². The third-order valence-corrected chi connectivity index (χ3v) is 5.02. The van der Waals surface area contributed by atoms with Gasteiger partial charge in [-0.15, -0.1) is 0 Å². The van der Waals surface area contributed by atoms with E-state index in [0.717, 1.165) is 16.7 Å². The van der Waals surface area contributed by atoms with E-state index < -0.39 is 11.7 Å². The highest BCUT2D eigenvalue weighted by Crippen LogP contribution is 2.29. The zero-order valence-electron chi connectivity index (χ0n) is 16.4. The molecule has 0 aliphatic carbocycles. The first-order chi connectivity index (χ1) is 12.7. The first kappa shape index (κ1) is 19.6. The molecule has 0 radical (unpaired) electrons. The van der Waals surface area contributed by atoms with Crippen LogP contribution in [0.5, 0.6) is 0 Å². The lowest BCUT2D eigenvalue weighted by molar-refractivity contribution is 0.0100. The third kappa shape index (κ3) is 4.42. The Balaban J connectivity index is 1.57. The van der Waals surface area contributed by atoms with Crippen LogP contribution < -0.4 is 0 Å². The zero-order valence-corrected chi connectivity index (χ0v) is 16.4. The van der Waals surface area contributed by atoms with Crippen LogP contribution in [0.25, 0.3) is 0 Å². The standard InChI is InChI=1S/C20H28N2O5/c1-13-14(5-6-15-16(13)12-26-18(15)24)17(23)11-21-7-9-22(10-8-21)19(25)27-20(2,3)4/h5-6,17,23H,7-12H2,1-4H3. The molecule has 1 unspecified atom stereocenters. The summed E-state index contributed by atoms with van der Waals surface area (Å²) in [5.41, 5.74) is 2.70. The van der Waals surface area contributed by atoms with Crippen LogP contribution in [0.1, 0.15) is 53.9 Å². The highest BCUT2D eigenvalue weighted by molar-refractivity contribution is 5.93. The smallest absolute Gasteiger partial charge is 0.410 e. The second kappa shape index (κ2) is 7.48. The molecule has 27 heavy (non-hydrogen) atoms. The van der Waals surface area contributed by atoms with Crippen molar-refractivity contribution >= 4 is 12.1 Å². The molecule has 1 aromatic rings. The first-order valence-electron chi connectivity index (χ1n) is 9.33. The first-order valence-corrected chi connectivity index (χ1v) is 9.33. The zero-order chi connectivity index (χ0) is 19.8. The van der Waals surface area contributed by atoms with Crippen LogP contribution in [-0.2, 0) is 16.1 Å². The second-order valence-corrected chi connectivity index (χ2v) is 8.17. The number of amides is 1. The van der Waals surface area contributed by atoms with E-state index in [9.17, 15) is 14.7 Å². The Bertz CT molecular complexity index is 733. The predicted octanol–water partition coefficient (Wildman–Crippen LogP) is 2.25. The average Bonchev–Trinajstić information content (AvgIpc) is 2.96. The summed E-state index contributed by atoms with van der Waals surface area (Å²) in [7, 11) is 0. The van der Waals surface area contributed by atoms with Gasteiger partial charge >= 0.3 is 12.1 Å². The summed E-state index contributed by atoms with van der Waals surface area (Å²) < 4.78 is 10.5. The summed E-state index contributed by atoms with van der Waals surface area (Å²) >= 11 is 0. The highest BCUT2D eigenvalue weighted by atomic mass is 16.6. The van der Waals surface area contributed by atoms with Gasteiger partial charge < -0.3 is 19.5 Å². The van der Waals surface area contributed by atoms with E-state index >= 15 is 0 Å². The number of piperazine rings is 1. The molecule has 3 rings (SSSR count). The number of aliphatic hydroxyl groups excluding tert-OH is 1. The summed E-state index contributed by atoms with van der Waals surface area (Å²) in [6.07, 6.45) is -0.944. The van der Waals surface area contributed by atoms with Crippen LogP contribution in [0.15, 0.2) is 12.1 Å². The minimum Gasteiger partial charge on any atom is -0.457 e. The van der Waals surface area contributed by atoms with Crippen LogP contribution >= 0.6 is 0 Å². The minimum atomic E-state index is -0.654. The fourth-order valence-electron chi connectivity index (χ4n) is 3.51. The summed E-state index contributed by atoms with van der Waals surface area (Å²) in [6, 6.07) is 3.54. The van der Waals surface area contributed by atoms with Gasteiger partial charge in [-0.05, 0) is 44.9 Å². The van der Waals surface area contributed by atoms with Crippen molar-refractivity contribution in [2.45, 2.75) is 46.0 Å². The predicted molar refractivity (Wildman–Crippen MR) is 99.5 cm³/mol. The van der Waals surface area contributed by atoms with Crippen LogP contribution in [0.3, 0.4) is 0 Å². The summed E-state index contributed by atoms with van der Waals surface area (Å²) in [5.74, 6) is -0.299. The van der Waals surface area contributed by atoms with Gasteiger partial charge in [0.15, 0.2) is 0 Å². The molecule has 1 atom stereocenters. The highest BCUT2D eigenvalue weighted by Gasteiger charge is 2.29. The average molecular weight is 376 g/mol. The van der Waals surface area contributed by atoms with E-state index in [2.05, 4.69) is 4.90 Å². The largest absolute Gasteiger partial charge is 0.457 e. The molecule has 1 fully saturated rings. The molecule has 148 valence electrons. The van der Waals surface area contributed by atoms with Crippen LogP contribution in [0.4, 0.5) is 4.79 Å². The quantitative estimate of drug-likeness (QED) is 0.815. The molecule has 0 saturated carbocycles. The van der Waals surface area contributed by atoms with Crippen LogP contribution in [-0.4, -0.2) is 65.3 Å². The Kier molecular flexibility index (Phi) is 5.44. The normalized spacial score (nSPS) is 18.9. The number of hydrogen-bond donors (Lipinski definition) is 1. The van der Waals surface area contributed by atoms with Gasteiger partial charge in [0.05, 0.1) is 11.7 Å². The van der Waals surface area contributed by atoms with E-state index in [4.69, 9.17) is 9.47 Å². The fraction of sp³-hybridized carbons (Fsp3) is 0.600. The van der Waals surface area contributed by atoms with Crippen LogP contribution in [0.2, 0.25) is 0 Å². The maximum atomic E-state index is 12.1. The van der Waals surface area contributed by atoms with Crippen molar-refractivity contribution in [3.05, 3.63) is 34.4 Å². The molecule has 1 aromatic carbocycles. The number of carbonyl (C=O) groups is 2. The number of carbonyl (C=O) groups excluding carboxylic acids is 2. The fourth-order valence-corrected chi connectivity index (χ4v) is 3.51. The van der Waals surface area contributed by atoms with Crippen molar-refractivity contribution in [1.82, 2.24) is 9.80 Å². The number of β-amino-alcohol motifs (C(OH)–C–C–N with tert-alkyl or cyclic N) is 1. The van der Waals surface area contributed by atoms with Crippen molar-refractivity contribution in [2.75, 3.05) is 32.7 Å². The van der Waals surface area contributed by atoms with Crippen molar-refractivity contribution in [1.29, 1.82) is 0 Å². The Hall–Kier alpha value is -2.12. The molecule has 7 heteroatoms.